The van der Waals surface area contributed by atoms with Crippen LogP contribution < -0.4 is 11.1 Å². The Morgan fingerprint density at radius 2 is 1.81 bits per heavy atom. The van der Waals surface area contributed by atoms with E-state index >= 15 is 0 Å². The number of carbonyl (C=O) groups is 2. The van der Waals surface area contributed by atoms with Gasteiger partial charge < -0.3 is 16.2 Å². The monoisotopic (exact) mass is 432 g/mol. The highest BCUT2D eigenvalue weighted by atomic mass is 32.2. The molecular weight excluding hydrogens is 416 g/mol. The number of thioether (sulfide) groups is 1. The second kappa shape index (κ2) is 8.76. The number of nitrogens with two attached hydrogens (primary N) is 1. The number of aromatic carboxylic acids is 1. The molecule has 0 spiro atoms. The van der Waals surface area contributed by atoms with Crippen LogP contribution in [0.2, 0.25) is 0 Å². The first-order valence-corrected chi connectivity index (χ1v) is 10.1. The molecule has 0 aliphatic carbocycles. The molecule has 2 aromatic heterocycles. The van der Waals surface area contributed by atoms with Crippen molar-refractivity contribution in [1.82, 2.24) is 19.9 Å². The Labute approximate surface area is 180 Å². The first-order valence-electron chi connectivity index (χ1n) is 9.10. The number of anilines is 2. The first kappa shape index (κ1) is 20.2. The zero-order valence-corrected chi connectivity index (χ0v) is 16.8. The largest absolute Gasteiger partial charge is 0.478 e. The Morgan fingerprint density at radius 1 is 1.03 bits per heavy atom. The molecule has 4 rings (SSSR count). The third-order valence-electron chi connectivity index (χ3n) is 4.31. The van der Waals surface area contributed by atoms with E-state index in [1.165, 1.54) is 6.33 Å². The van der Waals surface area contributed by atoms with E-state index in [4.69, 9.17) is 5.73 Å². The molecule has 0 atom stereocenters. The summed E-state index contributed by atoms with van der Waals surface area (Å²) in [4.78, 5) is 40.0. The van der Waals surface area contributed by atoms with E-state index in [9.17, 15) is 14.7 Å². The molecule has 9 nitrogen and oxygen atoms in total. The SMILES string of the molecule is Nc1ncnc(SCC(=O)Nc2ccc(-c3cc(C(=O)O)c4ccccc4n3)cc2)n1. The Morgan fingerprint density at radius 3 is 2.55 bits per heavy atom. The molecule has 0 aliphatic heterocycles. The third-order valence-corrected chi connectivity index (χ3v) is 5.17. The number of fused-ring (bicyclic) bond motifs is 1. The van der Waals surface area contributed by atoms with E-state index in [-0.39, 0.29) is 23.2 Å². The highest BCUT2D eigenvalue weighted by Crippen LogP contribution is 2.26. The van der Waals surface area contributed by atoms with Crippen LogP contribution in [-0.2, 0) is 4.79 Å². The van der Waals surface area contributed by atoms with Crippen molar-refractivity contribution < 1.29 is 14.7 Å². The van der Waals surface area contributed by atoms with Gasteiger partial charge in [-0.15, -0.1) is 0 Å². The summed E-state index contributed by atoms with van der Waals surface area (Å²) in [6, 6.07) is 15.7. The van der Waals surface area contributed by atoms with Gasteiger partial charge in [-0.2, -0.15) is 4.98 Å². The lowest BCUT2D eigenvalue weighted by Gasteiger charge is -2.09. The van der Waals surface area contributed by atoms with Gasteiger partial charge in [-0.1, -0.05) is 42.1 Å². The topological polar surface area (TPSA) is 144 Å². The predicted molar refractivity (Wildman–Crippen MR) is 118 cm³/mol. The molecule has 0 unspecified atom stereocenters. The molecule has 2 heterocycles. The fraction of sp³-hybridized carbons (Fsp3) is 0.0476. The summed E-state index contributed by atoms with van der Waals surface area (Å²) in [5.74, 6) is -1.03. The van der Waals surface area contributed by atoms with Gasteiger partial charge in [0.2, 0.25) is 11.9 Å². The van der Waals surface area contributed by atoms with Gasteiger partial charge >= 0.3 is 5.97 Å². The summed E-state index contributed by atoms with van der Waals surface area (Å²) in [6.07, 6.45) is 1.29. The van der Waals surface area contributed by atoms with Crippen molar-refractivity contribution in [2.24, 2.45) is 0 Å². The summed E-state index contributed by atoms with van der Waals surface area (Å²) in [6.45, 7) is 0. The van der Waals surface area contributed by atoms with Gasteiger partial charge in [-0.25, -0.2) is 19.7 Å². The number of nitrogen functional groups attached to an aromatic ring is 1. The molecule has 154 valence electrons. The number of hydrogen-bond acceptors (Lipinski definition) is 8. The van der Waals surface area contributed by atoms with Gasteiger partial charge in [0, 0.05) is 16.6 Å². The number of pyridine rings is 1. The zero-order valence-electron chi connectivity index (χ0n) is 16.0. The molecule has 0 aliphatic rings. The van der Waals surface area contributed by atoms with Crippen molar-refractivity contribution in [3.05, 3.63) is 66.5 Å². The minimum absolute atomic E-state index is 0.0989. The predicted octanol–water partition coefficient (Wildman–Crippen LogP) is 3.10. The number of benzene rings is 2. The molecular formula is C21H16N6O3S. The van der Waals surface area contributed by atoms with Crippen molar-refractivity contribution in [1.29, 1.82) is 0 Å². The fourth-order valence-corrected chi connectivity index (χ4v) is 3.53. The van der Waals surface area contributed by atoms with Gasteiger partial charge in [0.25, 0.3) is 0 Å². The molecule has 0 saturated heterocycles. The van der Waals surface area contributed by atoms with E-state index in [0.717, 1.165) is 17.3 Å². The number of rotatable bonds is 6. The maximum atomic E-state index is 12.2. The fourth-order valence-electron chi connectivity index (χ4n) is 2.91. The van der Waals surface area contributed by atoms with Crippen LogP contribution in [0, 0.1) is 0 Å². The van der Waals surface area contributed by atoms with Gasteiger partial charge in [-0.05, 0) is 24.3 Å². The number of carboxylic acid groups (broad SMARTS) is 1. The van der Waals surface area contributed by atoms with Gasteiger partial charge in [0.05, 0.1) is 22.5 Å². The van der Waals surface area contributed by atoms with Crippen molar-refractivity contribution in [2.75, 3.05) is 16.8 Å². The van der Waals surface area contributed by atoms with Crippen molar-refractivity contribution in [3.8, 4) is 11.3 Å². The molecule has 0 fully saturated rings. The number of amides is 1. The molecule has 0 bridgehead atoms. The molecule has 4 aromatic rings. The molecule has 1 amide bonds. The lowest BCUT2D eigenvalue weighted by molar-refractivity contribution is -0.113. The quantitative estimate of drug-likeness (QED) is 0.391. The Balaban J connectivity index is 1.48. The highest BCUT2D eigenvalue weighted by molar-refractivity contribution is 7.99. The van der Waals surface area contributed by atoms with Crippen LogP contribution in [0.5, 0.6) is 0 Å². The molecule has 2 aromatic carbocycles. The maximum Gasteiger partial charge on any atom is 0.336 e. The number of nitrogens with zero attached hydrogens (tertiary/aromatic N) is 4. The van der Waals surface area contributed by atoms with Crippen LogP contribution in [0.25, 0.3) is 22.2 Å². The summed E-state index contributed by atoms with van der Waals surface area (Å²) in [5, 5.41) is 13.3. The lowest BCUT2D eigenvalue weighted by Crippen LogP contribution is -2.14. The standard InChI is InChI=1S/C21H16N6O3S/c22-20-23-11-24-21(27-20)31-10-18(28)25-13-7-5-12(6-8-13)17-9-15(19(29)30)14-3-1-2-4-16(14)26-17/h1-9,11H,10H2,(H,25,28)(H,29,30)(H2,22,23,24,27). The summed E-state index contributed by atoms with van der Waals surface area (Å²) >= 11 is 1.15. The van der Waals surface area contributed by atoms with Crippen LogP contribution in [0.1, 0.15) is 10.4 Å². The van der Waals surface area contributed by atoms with Crippen LogP contribution in [0.4, 0.5) is 11.6 Å². The molecule has 0 radical (unpaired) electrons. The smallest absolute Gasteiger partial charge is 0.336 e. The average Bonchev–Trinajstić information content (AvgIpc) is 2.77. The molecule has 4 N–H and O–H groups in total. The van der Waals surface area contributed by atoms with Gasteiger partial charge in [0.1, 0.15) is 6.33 Å². The highest BCUT2D eigenvalue weighted by Gasteiger charge is 2.13. The number of para-hydroxylation sites is 1. The van der Waals surface area contributed by atoms with Crippen LogP contribution >= 0.6 is 11.8 Å². The number of carboxylic acids is 1. The summed E-state index contributed by atoms with van der Waals surface area (Å²) < 4.78 is 0. The second-order valence-electron chi connectivity index (χ2n) is 6.42. The minimum Gasteiger partial charge on any atom is -0.478 e. The zero-order chi connectivity index (χ0) is 21.8. The van der Waals surface area contributed by atoms with E-state index < -0.39 is 5.97 Å². The van der Waals surface area contributed by atoms with E-state index in [1.807, 2.05) is 6.07 Å². The normalized spacial score (nSPS) is 10.7. The number of hydrogen-bond donors (Lipinski definition) is 3. The lowest BCUT2D eigenvalue weighted by atomic mass is 10.0. The van der Waals surface area contributed by atoms with E-state index in [1.54, 1.807) is 48.5 Å². The Bertz CT molecular complexity index is 1280. The van der Waals surface area contributed by atoms with Crippen molar-refractivity contribution in [3.63, 3.8) is 0 Å². The summed E-state index contributed by atoms with van der Waals surface area (Å²) in [5.41, 5.74) is 8.16. The van der Waals surface area contributed by atoms with Crippen LogP contribution in [0.15, 0.2) is 66.1 Å². The maximum absolute atomic E-state index is 12.2. The Kier molecular flexibility index (Phi) is 5.72. The van der Waals surface area contributed by atoms with Crippen LogP contribution in [-0.4, -0.2) is 42.7 Å². The summed E-state index contributed by atoms with van der Waals surface area (Å²) in [7, 11) is 0. The number of nitrogens with one attached hydrogen (secondary N) is 1. The van der Waals surface area contributed by atoms with Gasteiger partial charge in [-0.3, -0.25) is 4.79 Å². The minimum atomic E-state index is -1.01. The second-order valence-corrected chi connectivity index (χ2v) is 7.36. The van der Waals surface area contributed by atoms with Crippen LogP contribution in [0.3, 0.4) is 0 Å². The Hall–Kier alpha value is -4.05. The van der Waals surface area contributed by atoms with Crippen molar-refractivity contribution in [2.45, 2.75) is 5.16 Å². The average molecular weight is 432 g/mol. The number of aromatic nitrogens is 4. The number of carbonyl (C=O) groups excluding carboxylic acids is 1. The molecule has 0 saturated carbocycles. The van der Waals surface area contributed by atoms with E-state index in [0.29, 0.717) is 27.4 Å². The van der Waals surface area contributed by atoms with Gasteiger partial charge in [0.15, 0.2) is 5.16 Å². The van der Waals surface area contributed by atoms with E-state index in [2.05, 4.69) is 25.3 Å². The third kappa shape index (κ3) is 4.75. The van der Waals surface area contributed by atoms with Crippen molar-refractivity contribution >= 4 is 46.2 Å². The first-order chi connectivity index (χ1) is 15.0. The molecule has 31 heavy (non-hydrogen) atoms. The molecule has 10 heteroatoms.